The van der Waals surface area contributed by atoms with E-state index < -0.39 is 11.9 Å². The lowest BCUT2D eigenvalue weighted by molar-refractivity contribution is -0.136. The second-order valence-corrected chi connectivity index (χ2v) is 10.1. The van der Waals surface area contributed by atoms with Gasteiger partial charge in [0.25, 0.3) is 0 Å². The first-order valence-electron chi connectivity index (χ1n) is 13.1. The maximum absolute atomic E-state index is 13.8. The van der Waals surface area contributed by atoms with Crippen LogP contribution in [-0.4, -0.2) is 55.4 Å². The average molecular weight is 570 g/mol. The van der Waals surface area contributed by atoms with Crippen molar-refractivity contribution < 1.29 is 14.4 Å². The number of benzene rings is 3. The summed E-state index contributed by atoms with van der Waals surface area (Å²) >= 11 is 6.20. The summed E-state index contributed by atoms with van der Waals surface area (Å²) in [5, 5.41) is 17.5. The van der Waals surface area contributed by atoms with Gasteiger partial charge in [-0.15, -0.1) is 5.10 Å². The molecule has 1 aliphatic rings. The number of nitrogens with one attached hydrogen (secondary N) is 2. The van der Waals surface area contributed by atoms with E-state index in [9.17, 15) is 14.4 Å². The zero-order valence-corrected chi connectivity index (χ0v) is 23.1. The number of anilines is 1. The summed E-state index contributed by atoms with van der Waals surface area (Å²) in [6.07, 6.45) is 5.36. The van der Waals surface area contributed by atoms with Crippen molar-refractivity contribution in [3.8, 4) is 5.69 Å². The molecule has 2 heterocycles. The molecule has 2 N–H and O–H groups in total. The van der Waals surface area contributed by atoms with Crippen LogP contribution in [0.15, 0.2) is 79.1 Å². The lowest BCUT2D eigenvalue weighted by Crippen LogP contribution is -2.50. The molecule has 0 fully saturated rings. The molecule has 1 aliphatic heterocycles. The fraction of sp³-hybridized carbons (Fsp3) is 0.200. The Bertz CT molecular complexity index is 1590. The number of amides is 3. The molecule has 10 nitrogen and oxygen atoms in total. The van der Waals surface area contributed by atoms with Gasteiger partial charge >= 0.3 is 0 Å². The van der Waals surface area contributed by atoms with E-state index in [4.69, 9.17) is 11.6 Å². The zero-order chi connectivity index (χ0) is 28.8. The summed E-state index contributed by atoms with van der Waals surface area (Å²) in [6.45, 7) is 2.33. The van der Waals surface area contributed by atoms with E-state index in [0.29, 0.717) is 42.2 Å². The van der Waals surface area contributed by atoms with Gasteiger partial charge in [-0.3, -0.25) is 14.4 Å². The maximum Gasteiger partial charge on any atom is 0.245 e. The van der Waals surface area contributed by atoms with E-state index in [2.05, 4.69) is 26.2 Å². The molecule has 0 saturated heterocycles. The standard InChI is InChI=1S/C30H28ClN7O3/c1-20(39)33-26-9-5-8-23-18-37(15-14-25(23)26)30(41)27(16-21-6-3-2-4-7-21)34-29(40)13-10-22-17-24(31)11-12-28(22)38-19-32-35-36-38/h2-13,17,19,27H,14-16,18H2,1H3,(H,33,39)(H,34,40)/b13-10+/t27-/m0/s1. The van der Waals surface area contributed by atoms with Crippen LogP contribution >= 0.6 is 11.6 Å². The second kappa shape index (κ2) is 12.6. The van der Waals surface area contributed by atoms with Gasteiger partial charge in [0.1, 0.15) is 12.4 Å². The van der Waals surface area contributed by atoms with Gasteiger partial charge in [-0.05, 0) is 63.9 Å². The van der Waals surface area contributed by atoms with Gasteiger partial charge in [-0.2, -0.15) is 4.68 Å². The van der Waals surface area contributed by atoms with Gasteiger partial charge in [-0.1, -0.05) is 54.1 Å². The molecule has 0 radical (unpaired) electrons. The Balaban J connectivity index is 1.35. The van der Waals surface area contributed by atoms with Crippen LogP contribution in [0.4, 0.5) is 5.69 Å². The Kier molecular flexibility index (Phi) is 8.50. The van der Waals surface area contributed by atoms with Crippen molar-refractivity contribution in [1.82, 2.24) is 30.4 Å². The smallest absolute Gasteiger partial charge is 0.245 e. The molecule has 1 atom stereocenters. The van der Waals surface area contributed by atoms with E-state index in [1.165, 1.54) is 24.0 Å². The Labute approximate surface area is 242 Å². The molecular formula is C30H28ClN7O3. The first-order valence-corrected chi connectivity index (χ1v) is 13.5. The number of carbonyl (C=O) groups excluding carboxylic acids is 3. The number of tetrazole rings is 1. The van der Waals surface area contributed by atoms with Gasteiger partial charge in [0.15, 0.2) is 0 Å². The molecule has 0 aliphatic carbocycles. The van der Waals surface area contributed by atoms with Crippen molar-refractivity contribution in [1.29, 1.82) is 0 Å². The summed E-state index contributed by atoms with van der Waals surface area (Å²) in [7, 11) is 0. The van der Waals surface area contributed by atoms with E-state index in [1.54, 1.807) is 29.2 Å². The highest BCUT2D eigenvalue weighted by molar-refractivity contribution is 6.30. The molecule has 1 aromatic heterocycles. The normalized spacial score (nSPS) is 13.5. The Morgan fingerprint density at radius 3 is 2.66 bits per heavy atom. The highest BCUT2D eigenvalue weighted by Gasteiger charge is 2.29. The van der Waals surface area contributed by atoms with E-state index >= 15 is 0 Å². The molecule has 11 heteroatoms. The van der Waals surface area contributed by atoms with Crippen molar-refractivity contribution in [3.63, 3.8) is 0 Å². The molecular weight excluding hydrogens is 542 g/mol. The van der Waals surface area contributed by atoms with Crippen LogP contribution in [0.1, 0.15) is 29.2 Å². The molecule has 5 rings (SSSR count). The van der Waals surface area contributed by atoms with Crippen molar-refractivity contribution >= 4 is 41.1 Å². The van der Waals surface area contributed by atoms with Crippen LogP contribution in [0.3, 0.4) is 0 Å². The number of aromatic nitrogens is 4. The Hall–Kier alpha value is -4.83. The highest BCUT2D eigenvalue weighted by Crippen LogP contribution is 2.27. The lowest BCUT2D eigenvalue weighted by atomic mass is 9.96. The predicted molar refractivity (Wildman–Crippen MR) is 155 cm³/mol. The molecule has 0 saturated carbocycles. The summed E-state index contributed by atoms with van der Waals surface area (Å²) in [5.41, 5.74) is 4.97. The molecule has 0 spiro atoms. The first-order chi connectivity index (χ1) is 19.9. The summed E-state index contributed by atoms with van der Waals surface area (Å²) in [5.74, 6) is -0.742. The minimum atomic E-state index is -0.784. The van der Waals surface area contributed by atoms with Gasteiger partial charge in [0, 0.05) is 48.8 Å². The average Bonchev–Trinajstić information content (AvgIpc) is 3.50. The molecule has 0 bridgehead atoms. The Morgan fingerprint density at radius 1 is 1.07 bits per heavy atom. The minimum absolute atomic E-state index is 0.140. The Morgan fingerprint density at radius 2 is 1.90 bits per heavy atom. The van der Waals surface area contributed by atoms with Crippen molar-refractivity contribution in [3.05, 3.63) is 106 Å². The lowest BCUT2D eigenvalue weighted by Gasteiger charge is -2.33. The van der Waals surface area contributed by atoms with Gasteiger partial charge in [-0.25, -0.2) is 0 Å². The summed E-state index contributed by atoms with van der Waals surface area (Å²) < 4.78 is 1.47. The van der Waals surface area contributed by atoms with Crippen molar-refractivity contribution in [2.24, 2.45) is 0 Å². The van der Waals surface area contributed by atoms with Crippen LogP contribution < -0.4 is 10.6 Å². The monoisotopic (exact) mass is 569 g/mol. The van der Waals surface area contributed by atoms with Crippen LogP contribution in [0.2, 0.25) is 5.02 Å². The topological polar surface area (TPSA) is 122 Å². The van der Waals surface area contributed by atoms with Gasteiger partial charge in [0.05, 0.1) is 5.69 Å². The maximum atomic E-state index is 13.8. The molecule has 3 amide bonds. The summed E-state index contributed by atoms with van der Waals surface area (Å²) in [6, 6.07) is 19.6. The van der Waals surface area contributed by atoms with E-state index in [-0.39, 0.29) is 11.8 Å². The van der Waals surface area contributed by atoms with Crippen LogP contribution in [0, 0.1) is 0 Å². The van der Waals surface area contributed by atoms with Gasteiger partial charge < -0.3 is 15.5 Å². The fourth-order valence-corrected chi connectivity index (χ4v) is 5.08. The van der Waals surface area contributed by atoms with E-state index in [0.717, 1.165) is 22.4 Å². The highest BCUT2D eigenvalue weighted by atomic mass is 35.5. The van der Waals surface area contributed by atoms with Gasteiger partial charge in [0.2, 0.25) is 17.7 Å². The SMILES string of the molecule is CC(=O)Nc1cccc2c1CCN(C(=O)[C@H](Cc1ccccc1)NC(=O)/C=C/c1cc(Cl)ccc1-n1cnnn1)C2. The van der Waals surface area contributed by atoms with Crippen molar-refractivity contribution in [2.45, 2.75) is 32.4 Å². The third kappa shape index (κ3) is 6.85. The van der Waals surface area contributed by atoms with Crippen LogP contribution in [0.25, 0.3) is 11.8 Å². The largest absolute Gasteiger partial charge is 0.340 e. The second-order valence-electron chi connectivity index (χ2n) is 9.68. The number of hydrogen-bond acceptors (Lipinski definition) is 6. The first kappa shape index (κ1) is 27.7. The number of hydrogen-bond donors (Lipinski definition) is 2. The molecule has 0 unspecified atom stereocenters. The zero-order valence-electron chi connectivity index (χ0n) is 22.3. The molecule has 3 aromatic carbocycles. The number of nitrogens with zero attached hydrogens (tertiary/aromatic N) is 5. The van der Waals surface area contributed by atoms with E-state index in [1.807, 2.05) is 48.5 Å². The molecule has 41 heavy (non-hydrogen) atoms. The van der Waals surface area contributed by atoms with Crippen LogP contribution in [-0.2, 0) is 33.8 Å². The number of carbonyl (C=O) groups is 3. The quantitative estimate of drug-likeness (QED) is 0.313. The number of fused-ring (bicyclic) bond motifs is 1. The van der Waals surface area contributed by atoms with Crippen molar-refractivity contribution in [2.75, 3.05) is 11.9 Å². The molecule has 208 valence electrons. The summed E-state index contributed by atoms with van der Waals surface area (Å²) in [4.78, 5) is 40.3. The molecule has 4 aromatic rings. The number of halogens is 1. The number of rotatable bonds is 8. The third-order valence-corrected chi connectivity index (χ3v) is 7.02. The minimum Gasteiger partial charge on any atom is -0.340 e. The van der Waals surface area contributed by atoms with Crippen LogP contribution in [0.5, 0.6) is 0 Å². The fourth-order valence-electron chi connectivity index (χ4n) is 4.90. The third-order valence-electron chi connectivity index (χ3n) is 6.79. The predicted octanol–water partition coefficient (Wildman–Crippen LogP) is 3.60.